The molecule has 0 aliphatic carbocycles. The molecule has 0 unspecified atom stereocenters. The molecule has 12 heavy (non-hydrogen) atoms. The minimum atomic E-state index is -0.417. The molecule has 1 rings (SSSR count). The highest BCUT2D eigenvalue weighted by Gasteiger charge is 2.01. The Labute approximate surface area is 70.1 Å². The number of hydrogen-bond donors (Lipinski definition) is 1. The van der Waals surface area contributed by atoms with Crippen molar-refractivity contribution in [3.05, 3.63) is 24.0 Å². The second kappa shape index (κ2) is 3.92. The summed E-state index contributed by atoms with van der Waals surface area (Å²) >= 11 is 0. The van der Waals surface area contributed by atoms with Crippen LogP contribution in [0.15, 0.2) is 18.2 Å². The molecule has 1 aromatic carbocycles. The fourth-order valence-corrected chi connectivity index (χ4v) is 0.848. The van der Waals surface area contributed by atoms with Crippen LogP contribution in [0.4, 0.5) is 10.1 Å². The third-order valence-corrected chi connectivity index (χ3v) is 1.37. The van der Waals surface area contributed by atoms with Crippen LogP contribution in [0.1, 0.15) is 0 Å². The van der Waals surface area contributed by atoms with Crippen molar-refractivity contribution in [3.8, 4) is 5.75 Å². The standard InChI is InChI=1S/C8H10FNO2/c1-11-8-4-3-6(10-12-2)5-7(8)9/h3-5,10H,1-2H3. The summed E-state index contributed by atoms with van der Waals surface area (Å²) in [4.78, 5) is 4.60. The minimum absolute atomic E-state index is 0.219. The van der Waals surface area contributed by atoms with E-state index in [1.165, 1.54) is 26.4 Å². The third kappa shape index (κ3) is 1.85. The Hall–Kier alpha value is -1.29. The molecule has 0 amide bonds. The molecule has 0 fully saturated rings. The highest BCUT2D eigenvalue weighted by molar-refractivity contribution is 5.45. The Bertz CT molecular complexity index is 265. The minimum Gasteiger partial charge on any atom is -0.494 e. The van der Waals surface area contributed by atoms with Gasteiger partial charge in [-0.2, -0.15) is 0 Å². The largest absolute Gasteiger partial charge is 0.494 e. The number of halogens is 1. The van der Waals surface area contributed by atoms with Gasteiger partial charge in [0, 0.05) is 6.07 Å². The van der Waals surface area contributed by atoms with Crippen molar-refractivity contribution < 1.29 is 14.0 Å². The van der Waals surface area contributed by atoms with Crippen molar-refractivity contribution in [3.63, 3.8) is 0 Å². The van der Waals surface area contributed by atoms with Crippen LogP contribution in [0.3, 0.4) is 0 Å². The van der Waals surface area contributed by atoms with Crippen LogP contribution in [-0.4, -0.2) is 14.2 Å². The molecular weight excluding hydrogens is 161 g/mol. The first-order valence-corrected chi connectivity index (χ1v) is 3.40. The van der Waals surface area contributed by atoms with Gasteiger partial charge in [0.15, 0.2) is 11.6 Å². The molecular formula is C8H10FNO2. The third-order valence-electron chi connectivity index (χ3n) is 1.37. The van der Waals surface area contributed by atoms with Crippen LogP contribution in [0.5, 0.6) is 5.75 Å². The zero-order valence-electron chi connectivity index (χ0n) is 6.93. The van der Waals surface area contributed by atoms with E-state index in [1.54, 1.807) is 6.07 Å². The highest BCUT2D eigenvalue weighted by atomic mass is 19.1. The lowest BCUT2D eigenvalue weighted by Gasteiger charge is -2.05. The maximum Gasteiger partial charge on any atom is 0.167 e. The van der Waals surface area contributed by atoms with Crippen molar-refractivity contribution in [2.75, 3.05) is 19.7 Å². The SMILES string of the molecule is CONc1ccc(OC)c(F)c1. The van der Waals surface area contributed by atoms with Gasteiger partial charge in [0.05, 0.1) is 19.9 Å². The van der Waals surface area contributed by atoms with Gasteiger partial charge in [0.1, 0.15) is 0 Å². The van der Waals surface area contributed by atoms with Gasteiger partial charge in [0.25, 0.3) is 0 Å². The smallest absolute Gasteiger partial charge is 0.167 e. The Morgan fingerprint density at radius 3 is 2.58 bits per heavy atom. The lowest BCUT2D eigenvalue weighted by molar-refractivity contribution is 0.270. The summed E-state index contributed by atoms with van der Waals surface area (Å²) in [5, 5.41) is 0. The van der Waals surface area contributed by atoms with Gasteiger partial charge < -0.3 is 4.74 Å². The van der Waals surface area contributed by atoms with Gasteiger partial charge in [0.2, 0.25) is 0 Å². The quantitative estimate of drug-likeness (QED) is 0.703. The van der Waals surface area contributed by atoms with E-state index >= 15 is 0 Å². The Morgan fingerprint density at radius 1 is 1.33 bits per heavy atom. The molecule has 0 aromatic heterocycles. The van der Waals surface area contributed by atoms with Crippen LogP contribution in [0, 0.1) is 5.82 Å². The Balaban J connectivity index is 2.86. The second-order valence-corrected chi connectivity index (χ2v) is 2.16. The van der Waals surface area contributed by atoms with E-state index < -0.39 is 5.82 Å². The van der Waals surface area contributed by atoms with Gasteiger partial charge >= 0.3 is 0 Å². The lowest BCUT2D eigenvalue weighted by Crippen LogP contribution is -1.96. The first-order valence-electron chi connectivity index (χ1n) is 3.40. The van der Waals surface area contributed by atoms with E-state index in [-0.39, 0.29) is 5.75 Å². The summed E-state index contributed by atoms with van der Waals surface area (Å²) in [7, 11) is 2.88. The van der Waals surface area contributed by atoms with Crippen LogP contribution in [-0.2, 0) is 4.84 Å². The van der Waals surface area contributed by atoms with Crippen molar-refractivity contribution in [2.45, 2.75) is 0 Å². The Morgan fingerprint density at radius 2 is 2.08 bits per heavy atom. The molecule has 0 spiro atoms. The Kier molecular flexibility index (Phi) is 2.88. The topological polar surface area (TPSA) is 30.5 Å². The van der Waals surface area contributed by atoms with Gasteiger partial charge in [-0.15, -0.1) is 0 Å². The molecule has 0 heterocycles. The average molecular weight is 171 g/mol. The van der Waals surface area contributed by atoms with Crippen LogP contribution >= 0.6 is 0 Å². The monoisotopic (exact) mass is 171 g/mol. The predicted molar refractivity (Wildman–Crippen MR) is 43.6 cm³/mol. The fourth-order valence-electron chi connectivity index (χ4n) is 0.848. The normalized spacial score (nSPS) is 9.58. The highest BCUT2D eigenvalue weighted by Crippen LogP contribution is 2.20. The number of rotatable bonds is 3. The molecule has 1 aromatic rings. The lowest BCUT2D eigenvalue weighted by atomic mass is 10.3. The average Bonchev–Trinajstić information content (AvgIpc) is 2.05. The van der Waals surface area contributed by atoms with Crippen molar-refractivity contribution in [1.82, 2.24) is 0 Å². The summed E-state index contributed by atoms with van der Waals surface area (Å²) in [5.74, 6) is -0.198. The number of methoxy groups -OCH3 is 1. The summed E-state index contributed by atoms with van der Waals surface area (Å²) in [5.41, 5.74) is 3.06. The van der Waals surface area contributed by atoms with E-state index in [0.29, 0.717) is 5.69 Å². The molecule has 0 saturated heterocycles. The van der Waals surface area contributed by atoms with Crippen molar-refractivity contribution in [1.29, 1.82) is 0 Å². The van der Waals surface area contributed by atoms with Crippen molar-refractivity contribution >= 4 is 5.69 Å². The fraction of sp³-hybridized carbons (Fsp3) is 0.250. The molecule has 66 valence electrons. The number of nitrogens with one attached hydrogen (secondary N) is 1. The maximum atomic E-state index is 13.0. The summed E-state index contributed by atoms with van der Waals surface area (Å²) in [6.07, 6.45) is 0. The molecule has 3 nitrogen and oxygen atoms in total. The number of anilines is 1. The molecule has 0 atom stereocenters. The number of benzene rings is 1. The summed E-state index contributed by atoms with van der Waals surface area (Å²) in [6, 6.07) is 4.48. The molecule has 1 N–H and O–H groups in total. The number of hydrogen-bond acceptors (Lipinski definition) is 3. The summed E-state index contributed by atoms with van der Waals surface area (Å²) < 4.78 is 17.7. The van der Waals surface area contributed by atoms with Gasteiger partial charge in [-0.25, -0.2) is 4.39 Å². The van der Waals surface area contributed by atoms with Gasteiger partial charge in [-0.3, -0.25) is 10.3 Å². The van der Waals surface area contributed by atoms with E-state index in [1.807, 2.05) is 0 Å². The zero-order valence-corrected chi connectivity index (χ0v) is 6.93. The molecule has 0 radical (unpaired) electrons. The van der Waals surface area contributed by atoms with E-state index in [4.69, 9.17) is 4.74 Å². The molecule has 0 aliphatic heterocycles. The first-order chi connectivity index (χ1) is 5.77. The number of ether oxygens (including phenoxy) is 1. The van der Waals surface area contributed by atoms with E-state index in [0.717, 1.165) is 0 Å². The van der Waals surface area contributed by atoms with Crippen LogP contribution < -0.4 is 10.2 Å². The van der Waals surface area contributed by atoms with Crippen LogP contribution in [0.2, 0.25) is 0 Å². The van der Waals surface area contributed by atoms with Gasteiger partial charge in [-0.1, -0.05) is 0 Å². The maximum absolute atomic E-state index is 13.0. The van der Waals surface area contributed by atoms with Crippen LogP contribution in [0.25, 0.3) is 0 Å². The second-order valence-electron chi connectivity index (χ2n) is 2.16. The predicted octanol–water partition coefficient (Wildman–Crippen LogP) is 1.81. The first kappa shape index (κ1) is 8.80. The summed E-state index contributed by atoms with van der Waals surface area (Å²) in [6.45, 7) is 0. The molecule has 0 saturated carbocycles. The zero-order chi connectivity index (χ0) is 8.97. The molecule has 4 heteroatoms. The molecule has 0 bridgehead atoms. The van der Waals surface area contributed by atoms with E-state index in [2.05, 4.69) is 10.3 Å². The molecule has 0 aliphatic rings. The van der Waals surface area contributed by atoms with Crippen molar-refractivity contribution in [2.24, 2.45) is 0 Å². The van der Waals surface area contributed by atoms with E-state index in [9.17, 15) is 4.39 Å². The van der Waals surface area contributed by atoms with Gasteiger partial charge in [-0.05, 0) is 12.1 Å².